The minimum atomic E-state index is -1.46. The van der Waals surface area contributed by atoms with Crippen LogP contribution in [-0.2, 0) is 4.74 Å². The van der Waals surface area contributed by atoms with Gasteiger partial charge in [0.15, 0.2) is 5.82 Å². The van der Waals surface area contributed by atoms with Gasteiger partial charge in [0.25, 0.3) is 5.69 Å². The number of rotatable bonds is 3. The Balaban J connectivity index is 2.47. The summed E-state index contributed by atoms with van der Waals surface area (Å²) in [6.45, 7) is 4.78. The number of carbonyl (C=O) groups is 1. The van der Waals surface area contributed by atoms with Crippen molar-refractivity contribution in [3.63, 3.8) is 0 Å². The molecule has 7 nitrogen and oxygen atoms in total. The zero-order chi connectivity index (χ0) is 15.8. The lowest BCUT2D eigenvalue weighted by Crippen LogP contribution is -2.48. The molecule has 0 aliphatic carbocycles. The number of ether oxygens (including phenoxy) is 1. The average molecular weight is 298 g/mol. The molecule has 1 heterocycles. The number of morpholine rings is 1. The standard InChI is InChI=1S/C13H15FN2O5/c1-13(2)7-15(3-4-21-13)11-5-8(12(17)18)10(16(19)20)6-9(11)14/h5-6H,3-4,7H2,1-2H3,(H,17,18). The first-order valence-electron chi connectivity index (χ1n) is 6.31. The molecule has 0 atom stereocenters. The van der Waals surface area contributed by atoms with Crippen molar-refractivity contribution in [1.29, 1.82) is 0 Å². The zero-order valence-corrected chi connectivity index (χ0v) is 11.6. The molecule has 1 fully saturated rings. The van der Waals surface area contributed by atoms with Gasteiger partial charge in [0.2, 0.25) is 0 Å². The highest BCUT2D eigenvalue weighted by atomic mass is 19.1. The van der Waals surface area contributed by atoms with Gasteiger partial charge in [-0.1, -0.05) is 0 Å². The molecular weight excluding hydrogens is 283 g/mol. The van der Waals surface area contributed by atoms with E-state index in [0.29, 0.717) is 25.8 Å². The molecule has 0 unspecified atom stereocenters. The molecule has 0 bridgehead atoms. The molecule has 1 saturated heterocycles. The van der Waals surface area contributed by atoms with Gasteiger partial charge in [0.05, 0.1) is 28.9 Å². The van der Waals surface area contributed by atoms with Gasteiger partial charge in [-0.25, -0.2) is 9.18 Å². The first-order valence-corrected chi connectivity index (χ1v) is 6.31. The molecular formula is C13H15FN2O5. The van der Waals surface area contributed by atoms with Crippen molar-refractivity contribution >= 4 is 17.3 Å². The molecule has 1 aromatic carbocycles. The van der Waals surface area contributed by atoms with Crippen LogP contribution in [0.1, 0.15) is 24.2 Å². The molecule has 1 N–H and O–H groups in total. The van der Waals surface area contributed by atoms with E-state index in [1.54, 1.807) is 4.90 Å². The number of anilines is 1. The van der Waals surface area contributed by atoms with Gasteiger partial charge in [-0.2, -0.15) is 0 Å². The summed E-state index contributed by atoms with van der Waals surface area (Å²) in [5, 5.41) is 19.9. The molecule has 0 radical (unpaired) electrons. The minimum Gasteiger partial charge on any atom is -0.477 e. The van der Waals surface area contributed by atoms with Gasteiger partial charge in [0, 0.05) is 13.1 Å². The van der Waals surface area contributed by atoms with Crippen LogP contribution in [0.3, 0.4) is 0 Å². The quantitative estimate of drug-likeness (QED) is 0.678. The largest absolute Gasteiger partial charge is 0.477 e. The van der Waals surface area contributed by atoms with E-state index < -0.39 is 33.6 Å². The van der Waals surface area contributed by atoms with Crippen LogP contribution in [0.15, 0.2) is 12.1 Å². The van der Waals surface area contributed by atoms with Gasteiger partial charge in [0.1, 0.15) is 5.56 Å². The van der Waals surface area contributed by atoms with E-state index in [4.69, 9.17) is 9.84 Å². The number of benzene rings is 1. The van der Waals surface area contributed by atoms with E-state index in [0.717, 1.165) is 6.07 Å². The fourth-order valence-electron chi connectivity index (χ4n) is 2.34. The van der Waals surface area contributed by atoms with E-state index >= 15 is 0 Å². The van der Waals surface area contributed by atoms with Gasteiger partial charge >= 0.3 is 5.97 Å². The van der Waals surface area contributed by atoms with Gasteiger partial charge in [-0.05, 0) is 19.9 Å². The van der Waals surface area contributed by atoms with Crippen LogP contribution in [0.25, 0.3) is 0 Å². The summed E-state index contributed by atoms with van der Waals surface area (Å²) in [5.41, 5.74) is -1.75. The summed E-state index contributed by atoms with van der Waals surface area (Å²) in [6, 6.07) is 1.67. The SMILES string of the molecule is CC1(C)CN(c2cc(C(=O)O)c([N+](=O)[O-])cc2F)CCO1. The molecule has 0 spiro atoms. The maximum Gasteiger partial charge on any atom is 0.342 e. The molecule has 0 aromatic heterocycles. The number of carboxylic acid groups (broad SMARTS) is 1. The molecule has 0 saturated carbocycles. The van der Waals surface area contributed by atoms with E-state index in [1.807, 2.05) is 13.8 Å². The molecule has 1 aromatic rings. The fraction of sp³-hybridized carbons (Fsp3) is 0.462. The molecule has 0 amide bonds. The highest BCUT2D eigenvalue weighted by molar-refractivity contribution is 5.93. The van der Waals surface area contributed by atoms with Crippen LogP contribution in [0, 0.1) is 15.9 Å². The highest BCUT2D eigenvalue weighted by Crippen LogP contribution is 2.31. The molecule has 2 rings (SSSR count). The van der Waals surface area contributed by atoms with Crippen molar-refractivity contribution in [2.45, 2.75) is 19.4 Å². The van der Waals surface area contributed by atoms with E-state index in [1.165, 1.54) is 0 Å². The number of nitrogens with zero attached hydrogens (tertiary/aromatic N) is 2. The summed E-state index contributed by atoms with van der Waals surface area (Å²) < 4.78 is 19.6. The monoisotopic (exact) mass is 298 g/mol. The molecule has 114 valence electrons. The highest BCUT2D eigenvalue weighted by Gasteiger charge is 2.31. The van der Waals surface area contributed by atoms with Gasteiger partial charge in [-0.3, -0.25) is 10.1 Å². The van der Waals surface area contributed by atoms with Gasteiger partial charge in [-0.15, -0.1) is 0 Å². The Labute approximate surface area is 120 Å². The smallest absolute Gasteiger partial charge is 0.342 e. The zero-order valence-electron chi connectivity index (χ0n) is 11.6. The summed E-state index contributed by atoms with van der Waals surface area (Å²) >= 11 is 0. The van der Waals surface area contributed by atoms with Crippen LogP contribution in [-0.4, -0.2) is 41.3 Å². The number of carboxylic acids is 1. The van der Waals surface area contributed by atoms with Crippen molar-refractivity contribution < 1.29 is 24.0 Å². The summed E-state index contributed by atoms with van der Waals surface area (Å²) in [6.07, 6.45) is 0. The second kappa shape index (κ2) is 5.28. The summed E-state index contributed by atoms with van der Waals surface area (Å²) in [4.78, 5) is 22.7. The van der Waals surface area contributed by atoms with Crippen molar-refractivity contribution in [3.8, 4) is 0 Å². The average Bonchev–Trinajstić information content (AvgIpc) is 2.36. The number of aromatic carboxylic acids is 1. The van der Waals surface area contributed by atoms with Crippen LogP contribution < -0.4 is 4.90 Å². The Morgan fingerprint density at radius 1 is 1.52 bits per heavy atom. The van der Waals surface area contributed by atoms with Crippen molar-refractivity contribution in [2.75, 3.05) is 24.6 Å². The first kappa shape index (κ1) is 15.2. The molecule has 8 heteroatoms. The predicted octanol–water partition coefficient (Wildman–Crippen LogP) is 2.05. The maximum absolute atomic E-state index is 14.1. The Morgan fingerprint density at radius 3 is 2.71 bits per heavy atom. The van der Waals surface area contributed by atoms with E-state index in [9.17, 15) is 19.3 Å². The van der Waals surface area contributed by atoms with E-state index in [2.05, 4.69) is 0 Å². The summed E-state index contributed by atoms with van der Waals surface area (Å²) in [7, 11) is 0. The number of nitro groups is 1. The second-order valence-electron chi connectivity index (χ2n) is 5.41. The van der Waals surface area contributed by atoms with Crippen molar-refractivity contribution in [3.05, 3.63) is 33.6 Å². The normalized spacial score (nSPS) is 17.6. The predicted molar refractivity (Wildman–Crippen MR) is 72.3 cm³/mol. The van der Waals surface area contributed by atoms with Crippen molar-refractivity contribution in [2.24, 2.45) is 0 Å². The molecule has 1 aliphatic heterocycles. The number of hydrogen-bond acceptors (Lipinski definition) is 5. The Bertz CT molecular complexity index is 602. The molecule has 1 aliphatic rings. The van der Waals surface area contributed by atoms with Crippen LogP contribution in [0.4, 0.5) is 15.8 Å². The first-order chi connectivity index (χ1) is 9.71. The lowest BCUT2D eigenvalue weighted by atomic mass is 10.1. The minimum absolute atomic E-state index is 0.0365. The molecule has 21 heavy (non-hydrogen) atoms. The number of halogens is 1. The third kappa shape index (κ3) is 3.10. The number of nitro benzene ring substituents is 1. The van der Waals surface area contributed by atoms with Crippen LogP contribution >= 0.6 is 0 Å². The Morgan fingerprint density at radius 2 is 2.19 bits per heavy atom. The second-order valence-corrected chi connectivity index (χ2v) is 5.41. The van der Waals surface area contributed by atoms with Crippen LogP contribution in [0.5, 0.6) is 0 Å². The number of hydrogen-bond donors (Lipinski definition) is 1. The Hall–Kier alpha value is -2.22. The third-order valence-electron chi connectivity index (χ3n) is 3.26. The third-order valence-corrected chi connectivity index (χ3v) is 3.26. The van der Waals surface area contributed by atoms with Gasteiger partial charge < -0.3 is 14.7 Å². The topological polar surface area (TPSA) is 92.9 Å². The lowest BCUT2D eigenvalue weighted by molar-refractivity contribution is -0.385. The van der Waals surface area contributed by atoms with Crippen molar-refractivity contribution in [1.82, 2.24) is 0 Å². The lowest BCUT2D eigenvalue weighted by Gasteiger charge is -2.39. The maximum atomic E-state index is 14.1. The Kier molecular flexibility index (Phi) is 3.82. The van der Waals surface area contributed by atoms with Crippen LogP contribution in [0.2, 0.25) is 0 Å². The van der Waals surface area contributed by atoms with E-state index in [-0.39, 0.29) is 5.69 Å². The summed E-state index contributed by atoms with van der Waals surface area (Å²) in [5.74, 6) is -2.28. The fourth-order valence-corrected chi connectivity index (χ4v) is 2.34.